The van der Waals surface area contributed by atoms with Crippen molar-refractivity contribution in [2.75, 3.05) is 6.61 Å². The number of ether oxygens (including phenoxy) is 1. The van der Waals surface area contributed by atoms with Crippen LogP contribution in [0.3, 0.4) is 0 Å². The van der Waals surface area contributed by atoms with Gasteiger partial charge in [-0.3, -0.25) is 4.79 Å². The van der Waals surface area contributed by atoms with Gasteiger partial charge in [0.1, 0.15) is 5.52 Å². The van der Waals surface area contributed by atoms with Crippen LogP contribution in [-0.2, 0) is 17.4 Å². The standard InChI is InChI=1S/C22H19F2IN2O4/c1-4-31-20(29)16-13(2)26-18-17(16)14(12-27(3)19(18)28)10-11-21(30,22(23,24)25)15-8-6-5-7-9-15/h5-9,12,26,30H,4H2,1-3H3. The smallest absolute Gasteiger partial charge is 0.340 e. The van der Waals surface area contributed by atoms with Gasteiger partial charge in [-0.25, -0.2) is 4.79 Å². The number of aliphatic hydroxyl groups is 1. The summed E-state index contributed by atoms with van der Waals surface area (Å²) >= 11 is 0.843. The lowest BCUT2D eigenvalue weighted by Crippen LogP contribution is -2.39. The Kier molecular flexibility index (Phi) is 6.25. The average Bonchev–Trinajstić information content (AvgIpc) is 3.07. The summed E-state index contributed by atoms with van der Waals surface area (Å²) in [5.41, 5.74) is -2.60. The van der Waals surface area contributed by atoms with Crippen molar-refractivity contribution in [3.05, 3.63) is 69.3 Å². The number of aromatic amines is 1. The second kappa shape index (κ2) is 8.43. The fourth-order valence-electron chi connectivity index (χ4n) is 3.24. The number of aromatic nitrogens is 2. The second-order valence-corrected chi connectivity index (χ2v) is 8.23. The predicted molar refractivity (Wildman–Crippen MR) is 120 cm³/mol. The number of H-pyrrole nitrogens is 1. The Labute approximate surface area is 190 Å². The lowest BCUT2D eigenvalue weighted by Gasteiger charge is -2.27. The number of hydrogen-bond acceptors (Lipinski definition) is 4. The number of pyridine rings is 1. The van der Waals surface area contributed by atoms with E-state index in [-0.39, 0.29) is 34.2 Å². The van der Waals surface area contributed by atoms with E-state index in [4.69, 9.17) is 4.74 Å². The molecule has 6 nitrogen and oxygen atoms in total. The Hall–Kier alpha value is -2.71. The Morgan fingerprint density at radius 1 is 1.32 bits per heavy atom. The molecule has 1 atom stereocenters. The Morgan fingerprint density at radius 3 is 2.55 bits per heavy atom. The van der Waals surface area contributed by atoms with Crippen LogP contribution in [0.1, 0.15) is 34.1 Å². The molecule has 1 aromatic carbocycles. The highest BCUT2D eigenvalue weighted by Gasteiger charge is 2.51. The molecule has 9 heteroatoms. The van der Waals surface area contributed by atoms with Gasteiger partial charge in [0.05, 0.1) is 17.7 Å². The van der Waals surface area contributed by atoms with Crippen LogP contribution in [0.4, 0.5) is 8.78 Å². The molecule has 3 rings (SSSR count). The van der Waals surface area contributed by atoms with Gasteiger partial charge >= 0.3 is 9.90 Å². The number of carbonyl (C=O) groups is 1. The number of halogens is 3. The number of carbonyl (C=O) groups excluding carboxylic acids is 1. The van der Waals surface area contributed by atoms with Crippen LogP contribution in [-0.4, -0.2) is 31.2 Å². The molecule has 0 amide bonds. The lowest BCUT2D eigenvalue weighted by molar-refractivity contribution is -0.0726. The minimum absolute atomic E-state index is 0.0844. The van der Waals surface area contributed by atoms with Crippen LogP contribution < -0.4 is 5.56 Å². The Balaban J connectivity index is 2.32. The minimum atomic E-state index is -3.63. The maximum atomic E-state index is 14.4. The number of esters is 1. The number of benzene rings is 1. The van der Waals surface area contributed by atoms with Gasteiger partial charge in [0.2, 0.25) is 5.60 Å². The van der Waals surface area contributed by atoms with Gasteiger partial charge in [-0.2, -0.15) is 8.78 Å². The monoisotopic (exact) mass is 540 g/mol. The van der Waals surface area contributed by atoms with Gasteiger partial charge in [-0.05, 0) is 13.8 Å². The quantitative estimate of drug-likeness (QED) is 0.229. The molecule has 0 saturated heterocycles. The van der Waals surface area contributed by atoms with Crippen LogP contribution >= 0.6 is 22.6 Å². The summed E-state index contributed by atoms with van der Waals surface area (Å²) < 4.78 is 31.5. The summed E-state index contributed by atoms with van der Waals surface area (Å²) in [6.07, 6.45) is 1.34. The van der Waals surface area contributed by atoms with Gasteiger partial charge in [0.15, 0.2) is 0 Å². The third-order valence-electron chi connectivity index (χ3n) is 4.77. The molecule has 2 heterocycles. The summed E-state index contributed by atoms with van der Waals surface area (Å²) in [5, 5.41) is 11.0. The number of aryl methyl sites for hydroxylation is 2. The van der Waals surface area contributed by atoms with Gasteiger partial charge < -0.3 is 19.4 Å². The fourth-order valence-corrected chi connectivity index (χ4v) is 3.69. The van der Waals surface area contributed by atoms with E-state index in [1.165, 1.54) is 42.1 Å². The Bertz CT molecular complexity index is 1270. The molecule has 0 fully saturated rings. The molecule has 0 aliphatic heterocycles. The molecule has 0 aliphatic carbocycles. The highest BCUT2D eigenvalue weighted by molar-refractivity contribution is 14.1. The van der Waals surface area contributed by atoms with Crippen molar-refractivity contribution < 1.29 is 23.4 Å². The number of rotatable bonds is 4. The summed E-state index contributed by atoms with van der Waals surface area (Å²) in [4.78, 5) is 27.9. The van der Waals surface area contributed by atoms with Gasteiger partial charge in [-0.15, -0.1) is 0 Å². The molecule has 31 heavy (non-hydrogen) atoms. The van der Waals surface area contributed by atoms with E-state index >= 15 is 0 Å². The first-order valence-corrected chi connectivity index (χ1v) is 10.4. The largest absolute Gasteiger partial charge is 0.462 e. The summed E-state index contributed by atoms with van der Waals surface area (Å²) in [7, 11) is 1.48. The molecule has 0 bridgehead atoms. The van der Waals surface area contributed by atoms with E-state index in [0.29, 0.717) is 5.69 Å². The van der Waals surface area contributed by atoms with Crippen molar-refractivity contribution in [2.45, 2.75) is 23.4 Å². The molecular formula is C22H19F2IN2O4. The molecule has 1 unspecified atom stereocenters. The highest BCUT2D eigenvalue weighted by atomic mass is 127. The van der Waals surface area contributed by atoms with Crippen molar-refractivity contribution in [1.82, 2.24) is 9.55 Å². The first-order valence-electron chi connectivity index (χ1n) is 9.28. The van der Waals surface area contributed by atoms with Crippen LogP contribution in [0, 0.1) is 18.8 Å². The van der Waals surface area contributed by atoms with Gasteiger partial charge in [0, 0.05) is 52.5 Å². The van der Waals surface area contributed by atoms with Gasteiger partial charge in [0.25, 0.3) is 5.56 Å². The van der Waals surface area contributed by atoms with E-state index in [2.05, 4.69) is 16.8 Å². The zero-order valence-electron chi connectivity index (χ0n) is 16.9. The molecular weight excluding hydrogens is 521 g/mol. The molecule has 0 saturated carbocycles. The number of nitrogens with one attached hydrogen (secondary N) is 1. The van der Waals surface area contributed by atoms with Crippen molar-refractivity contribution in [3.63, 3.8) is 0 Å². The van der Waals surface area contributed by atoms with E-state index in [1.54, 1.807) is 19.9 Å². The zero-order valence-corrected chi connectivity index (χ0v) is 19.1. The normalized spacial score (nSPS) is 13.4. The predicted octanol–water partition coefficient (Wildman–Crippen LogP) is 3.62. The maximum Gasteiger partial charge on any atom is 0.340 e. The van der Waals surface area contributed by atoms with E-state index in [1.807, 2.05) is 0 Å². The van der Waals surface area contributed by atoms with Crippen molar-refractivity contribution in [1.29, 1.82) is 0 Å². The fraction of sp³-hybridized carbons (Fsp3) is 0.273. The highest BCUT2D eigenvalue weighted by Crippen LogP contribution is 2.42. The van der Waals surface area contributed by atoms with Crippen molar-refractivity contribution in [3.8, 4) is 11.8 Å². The average molecular weight is 540 g/mol. The van der Waals surface area contributed by atoms with Gasteiger partial charge in [-0.1, -0.05) is 42.2 Å². The lowest BCUT2D eigenvalue weighted by atomic mass is 9.94. The first-order chi connectivity index (χ1) is 14.5. The van der Waals surface area contributed by atoms with Crippen molar-refractivity contribution in [2.24, 2.45) is 7.05 Å². The number of fused-ring (bicyclic) bond motifs is 1. The van der Waals surface area contributed by atoms with Crippen LogP contribution in [0.25, 0.3) is 10.9 Å². The summed E-state index contributed by atoms with van der Waals surface area (Å²) in [5.74, 6) is 4.19. The van der Waals surface area contributed by atoms with Crippen LogP contribution in [0.15, 0.2) is 41.3 Å². The summed E-state index contributed by atoms with van der Waals surface area (Å²) in [6, 6.07) is 7.36. The van der Waals surface area contributed by atoms with Crippen LogP contribution in [0.2, 0.25) is 0 Å². The second-order valence-electron chi connectivity index (χ2n) is 6.88. The summed E-state index contributed by atoms with van der Waals surface area (Å²) in [6.45, 7) is 3.36. The molecule has 0 radical (unpaired) electrons. The molecule has 0 spiro atoms. The third kappa shape index (κ3) is 4.09. The van der Waals surface area contributed by atoms with Crippen molar-refractivity contribution >= 4 is 39.5 Å². The van der Waals surface area contributed by atoms with E-state index in [9.17, 15) is 23.5 Å². The van der Waals surface area contributed by atoms with E-state index < -0.39 is 21.1 Å². The number of alkyl halides is 3. The number of hydrogen-bond donors (Lipinski definition) is 2. The minimum Gasteiger partial charge on any atom is -0.462 e. The SMILES string of the molecule is CCOC(=O)c1c(C)[nH]c2c(=O)n(C)cc(C#CC(O)(c3ccccc3)C(F)(F)I)c12. The first kappa shape index (κ1) is 23.0. The topological polar surface area (TPSA) is 84.3 Å². The Morgan fingerprint density at radius 2 is 1.97 bits per heavy atom. The molecule has 0 aliphatic rings. The molecule has 2 N–H and O–H groups in total. The maximum absolute atomic E-state index is 14.4. The van der Waals surface area contributed by atoms with E-state index in [0.717, 1.165) is 22.6 Å². The third-order valence-corrected chi connectivity index (χ3v) is 5.55. The molecule has 162 valence electrons. The number of nitrogens with zero attached hydrogens (tertiary/aromatic N) is 1. The molecule has 3 aromatic rings. The molecule has 2 aromatic heterocycles. The zero-order chi connectivity index (χ0) is 23.0. The van der Waals surface area contributed by atoms with Crippen LogP contribution in [0.5, 0.6) is 0 Å².